The molecule has 0 saturated carbocycles. The highest BCUT2D eigenvalue weighted by Gasteiger charge is 2.06. The molecule has 1 atom stereocenters. The lowest BCUT2D eigenvalue weighted by molar-refractivity contribution is 0.0955. The second-order valence-electron chi connectivity index (χ2n) is 4.88. The molecule has 1 rings (SSSR count). The largest absolute Gasteiger partial charge is 0.271 e. The van der Waals surface area contributed by atoms with Gasteiger partial charge in [-0.3, -0.25) is 4.79 Å². The van der Waals surface area contributed by atoms with Crippen LogP contribution in [0.1, 0.15) is 44.0 Å². The summed E-state index contributed by atoms with van der Waals surface area (Å²) in [5.74, 6) is 0.915. The van der Waals surface area contributed by atoms with Crippen LogP contribution in [0.5, 0.6) is 0 Å². The Morgan fingerprint density at radius 2 is 2.00 bits per heavy atom. The van der Waals surface area contributed by atoms with Crippen LogP contribution >= 0.6 is 0 Å². The smallest absolute Gasteiger partial charge is 0.267 e. The van der Waals surface area contributed by atoms with Gasteiger partial charge < -0.3 is 0 Å². The minimum Gasteiger partial charge on any atom is -0.267 e. The van der Waals surface area contributed by atoms with Crippen molar-refractivity contribution in [2.75, 3.05) is 0 Å². The number of nitrogens with zero attached hydrogens (tertiary/aromatic N) is 1. The highest BCUT2D eigenvalue weighted by atomic mass is 16.2. The molecule has 1 aromatic rings. The van der Waals surface area contributed by atoms with E-state index in [2.05, 4.69) is 31.3 Å². The summed E-state index contributed by atoms with van der Waals surface area (Å²) in [5.41, 5.74) is 3.20. The van der Waals surface area contributed by atoms with E-state index in [-0.39, 0.29) is 5.91 Å². The van der Waals surface area contributed by atoms with Crippen molar-refractivity contribution >= 4 is 12.1 Å². The van der Waals surface area contributed by atoms with Crippen LogP contribution in [0.25, 0.3) is 0 Å². The Balaban J connectivity index is 2.46. The van der Waals surface area contributed by atoms with Crippen LogP contribution in [-0.4, -0.2) is 12.1 Å². The molecule has 0 aliphatic rings. The molecule has 1 aromatic carbocycles. The first kappa shape index (κ1) is 14.4. The van der Waals surface area contributed by atoms with E-state index in [9.17, 15) is 4.79 Å². The van der Waals surface area contributed by atoms with Gasteiger partial charge in [0.2, 0.25) is 0 Å². The molecule has 1 amide bonds. The van der Waals surface area contributed by atoms with Crippen LogP contribution in [0.4, 0.5) is 0 Å². The lowest BCUT2D eigenvalue weighted by Crippen LogP contribution is -2.18. The Morgan fingerprint density at radius 1 is 1.33 bits per heavy atom. The Kier molecular flexibility index (Phi) is 6.12. The molecule has 1 unspecified atom stereocenters. The fraction of sp³-hybridized carbons (Fsp3) is 0.467. The van der Waals surface area contributed by atoms with Crippen molar-refractivity contribution in [3.05, 3.63) is 35.9 Å². The number of benzene rings is 1. The zero-order chi connectivity index (χ0) is 13.4. The lowest BCUT2D eigenvalue weighted by atomic mass is 9.96. The van der Waals surface area contributed by atoms with Crippen molar-refractivity contribution in [3.63, 3.8) is 0 Å². The third kappa shape index (κ3) is 5.13. The average Bonchev–Trinajstić information content (AvgIpc) is 2.38. The van der Waals surface area contributed by atoms with Crippen molar-refractivity contribution in [1.82, 2.24) is 5.43 Å². The molecule has 0 aliphatic heterocycles. The monoisotopic (exact) mass is 246 g/mol. The van der Waals surface area contributed by atoms with Crippen LogP contribution in [-0.2, 0) is 0 Å². The number of nitrogens with one attached hydrogen (secondary N) is 1. The summed E-state index contributed by atoms with van der Waals surface area (Å²) < 4.78 is 0. The van der Waals surface area contributed by atoms with Gasteiger partial charge in [-0.15, -0.1) is 0 Å². The van der Waals surface area contributed by atoms with Crippen molar-refractivity contribution in [2.45, 2.75) is 33.6 Å². The van der Waals surface area contributed by atoms with E-state index in [4.69, 9.17) is 0 Å². The summed E-state index contributed by atoms with van der Waals surface area (Å²) in [7, 11) is 0. The van der Waals surface area contributed by atoms with Crippen LogP contribution in [0, 0.1) is 11.8 Å². The summed E-state index contributed by atoms with van der Waals surface area (Å²) in [6.07, 6.45) is 3.99. The molecule has 0 fully saturated rings. The first-order chi connectivity index (χ1) is 8.63. The summed E-state index contributed by atoms with van der Waals surface area (Å²) in [5, 5.41) is 4.05. The van der Waals surface area contributed by atoms with Gasteiger partial charge in [-0.1, -0.05) is 39.0 Å². The van der Waals surface area contributed by atoms with E-state index in [1.807, 2.05) is 24.4 Å². The Morgan fingerprint density at radius 3 is 2.56 bits per heavy atom. The molecule has 18 heavy (non-hydrogen) atoms. The minimum atomic E-state index is -0.161. The predicted molar refractivity (Wildman–Crippen MR) is 75.6 cm³/mol. The third-order valence-corrected chi connectivity index (χ3v) is 2.79. The van der Waals surface area contributed by atoms with Crippen LogP contribution < -0.4 is 5.43 Å². The second kappa shape index (κ2) is 7.64. The normalized spacial score (nSPS) is 12.9. The summed E-state index contributed by atoms with van der Waals surface area (Å²) >= 11 is 0. The zero-order valence-electron chi connectivity index (χ0n) is 11.4. The summed E-state index contributed by atoms with van der Waals surface area (Å²) in [6.45, 7) is 6.52. The molecular formula is C15H22N2O. The highest BCUT2D eigenvalue weighted by Crippen LogP contribution is 2.12. The van der Waals surface area contributed by atoms with Gasteiger partial charge in [-0.25, -0.2) is 5.43 Å². The van der Waals surface area contributed by atoms with Crippen molar-refractivity contribution < 1.29 is 4.79 Å². The van der Waals surface area contributed by atoms with E-state index in [0.29, 0.717) is 17.4 Å². The summed E-state index contributed by atoms with van der Waals surface area (Å²) in [4.78, 5) is 11.7. The van der Waals surface area contributed by atoms with E-state index >= 15 is 0 Å². The minimum absolute atomic E-state index is 0.161. The number of carbonyl (C=O) groups excluding carboxylic acids is 1. The van der Waals surface area contributed by atoms with Gasteiger partial charge in [0, 0.05) is 11.8 Å². The first-order valence-corrected chi connectivity index (χ1v) is 6.52. The fourth-order valence-electron chi connectivity index (χ4n) is 1.79. The van der Waals surface area contributed by atoms with Crippen LogP contribution in [0.3, 0.4) is 0 Å². The number of hydrazone groups is 1. The third-order valence-electron chi connectivity index (χ3n) is 2.79. The molecule has 1 N–H and O–H groups in total. The number of carbonyl (C=O) groups is 1. The predicted octanol–water partition coefficient (Wildman–Crippen LogP) is 3.47. The highest BCUT2D eigenvalue weighted by molar-refractivity contribution is 5.94. The van der Waals surface area contributed by atoms with Gasteiger partial charge >= 0.3 is 0 Å². The van der Waals surface area contributed by atoms with Gasteiger partial charge in [-0.05, 0) is 36.8 Å². The molecule has 0 aromatic heterocycles. The average molecular weight is 246 g/mol. The fourth-order valence-corrected chi connectivity index (χ4v) is 1.79. The number of amides is 1. The quantitative estimate of drug-likeness (QED) is 0.606. The van der Waals surface area contributed by atoms with E-state index in [0.717, 1.165) is 12.8 Å². The molecule has 0 radical (unpaired) electrons. The molecule has 3 nitrogen and oxygen atoms in total. The molecule has 0 bridgehead atoms. The molecule has 3 heteroatoms. The number of hydrogen-bond donors (Lipinski definition) is 1. The van der Waals surface area contributed by atoms with Gasteiger partial charge in [-0.2, -0.15) is 5.10 Å². The molecule has 98 valence electrons. The van der Waals surface area contributed by atoms with E-state index < -0.39 is 0 Å². The zero-order valence-corrected chi connectivity index (χ0v) is 11.4. The maximum absolute atomic E-state index is 11.7. The molecule has 0 heterocycles. The maximum atomic E-state index is 11.7. The van der Waals surface area contributed by atoms with E-state index in [1.54, 1.807) is 12.1 Å². The Labute approximate surface area is 109 Å². The Hall–Kier alpha value is -1.64. The first-order valence-electron chi connectivity index (χ1n) is 6.52. The van der Waals surface area contributed by atoms with Gasteiger partial charge in [0.15, 0.2) is 0 Å². The number of rotatable bonds is 6. The molecule has 0 aliphatic carbocycles. The van der Waals surface area contributed by atoms with Gasteiger partial charge in [0.05, 0.1) is 0 Å². The lowest BCUT2D eigenvalue weighted by Gasteiger charge is -2.11. The van der Waals surface area contributed by atoms with Gasteiger partial charge in [0.1, 0.15) is 0 Å². The van der Waals surface area contributed by atoms with Crippen LogP contribution in [0.15, 0.2) is 35.4 Å². The van der Waals surface area contributed by atoms with E-state index in [1.165, 1.54) is 0 Å². The second-order valence-corrected chi connectivity index (χ2v) is 4.88. The van der Waals surface area contributed by atoms with Crippen LogP contribution in [0.2, 0.25) is 0 Å². The SMILES string of the molecule is CCC(/C=N/NC(=O)c1ccccc1)CC(C)C. The molecule has 0 saturated heterocycles. The van der Waals surface area contributed by atoms with Crippen molar-refractivity contribution in [2.24, 2.45) is 16.9 Å². The van der Waals surface area contributed by atoms with Crippen molar-refractivity contribution in [3.8, 4) is 0 Å². The molecular weight excluding hydrogens is 224 g/mol. The number of hydrogen-bond acceptors (Lipinski definition) is 2. The standard InChI is InChI=1S/C15H22N2O/c1-4-13(10-12(2)3)11-16-17-15(18)14-8-6-5-7-9-14/h5-9,11-13H,4,10H2,1-3H3,(H,17,18)/b16-11+. The Bertz CT molecular complexity index is 385. The molecule has 0 spiro atoms. The summed E-state index contributed by atoms with van der Waals surface area (Å²) in [6, 6.07) is 9.11. The topological polar surface area (TPSA) is 41.5 Å². The maximum Gasteiger partial charge on any atom is 0.271 e. The van der Waals surface area contributed by atoms with Gasteiger partial charge in [0.25, 0.3) is 5.91 Å². The van der Waals surface area contributed by atoms with Crippen molar-refractivity contribution in [1.29, 1.82) is 0 Å².